The Morgan fingerprint density at radius 1 is 1.03 bits per heavy atom. The molecule has 0 radical (unpaired) electrons. The van der Waals surface area contributed by atoms with Gasteiger partial charge in [-0.05, 0) is 24.0 Å². The lowest BCUT2D eigenvalue weighted by atomic mass is 9.76. The molecule has 3 heterocycles. The zero-order valence-electron chi connectivity index (χ0n) is 17.2. The summed E-state index contributed by atoms with van der Waals surface area (Å²) in [6.07, 6.45) is 6.55. The van der Waals surface area contributed by atoms with Crippen molar-refractivity contribution in [3.05, 3.63) is 90.0 Å². The van der Waals surface area contributed by atoms with Crippen LogP contribution in [0.5, 0.6) is 0 Å². The molecule has 2 saturated heterocycles. The van der Waals surface area contributed by atoms with Crippen LogP contribution >= 0.6 is 0 Å². The molecule has 0 unspecified atom stereocenters. The first-order chi connectivity index (χ1) is 14.7. The van der Waals surface area contributed by atoms with Gasteiger partial charge >= 0.3 is 0 Å². The lowest BCUT2D eigenvalue weighted by molar-refractivity contribution is -0.125. The van der Waals surface area contributed by atoms with Crippen molar-refractivity contribution in [3.63, 3.8) is 0 Å². The zero-order valence-corrected chi connectivity index (χ0v) is 17.2. The summed E-state index contributed by atoms with van der Waals surface area (Å²) in [6.45, 7) is 3.50. The van der Waals surface area contributed by atoms with Crippen molar-refractivity contribution in [2.75, 3.05) is 13.1 Å². The third-order valence-corrected chi connectivity index (χ3v) is 6.61. The van der Waals surface area contributed by atoms with Gasteiger partial charge in [0, 0.05) is 44.7 Å². The molecule has 1 amide bonds. The van der Waals surface area contributed by atoms with Crippen molar-refractivity contribution < 1.29 is 4.79 Å². The molecule has 1 N–H and O–H groups in total. The summed E-state index contributed by atoms with van der Waals surface area (Å²) in [5.74, 6) is 0.506. The van der Waals surface area contributed by atoms with Gasteiger partial charge in [0.25, 0.3) is 0 Å². The van der Waals surface area contributed by atoms with Gasteiger partial charge in [-0.25, -0.2) is 4.98 Å². The maximum Gasteiger partial charge on any atom is 0.220 e. The molecule has 0 bridgehead atoms. The topological polar surface area (TPSA) is 50.2 Å². The molecule has 0 saturated carbocycles. The van der Waals surface area contributed by atoms with Gasteiger partial charge in [-0.2, -0.15) is 0 Å². The molecule has 3 aromatic rings. The van der Waals surface area contributed by atoms with Crippen LogP contribution in [0.2, 0.25) is 0 Å². The SMILES string of the molecule is O=C1CCC[C@]2(CN(Cc3cncn3Cc3ccccc3)C[C@H]2c2ccccc2)N1. The summed E-state index contributed by atoms with van der Waals surface area (Å²) in [7, 11) is 0. The Bertz CT molecular complexity index is 1000. The van der Waals surface area contributed by atoms with Crippen molar-refractivity contribution in [1.29, 1.82) is 0 Å². The number of imidazole rings is 1. The minimum absolute atomic E-state index is 0.166. The average Bonchev–Trinajstić information content (AvgIpc) is 3.34. The number of amides is 1. The molecule has 2 aliphatic heterocycles. The molecule has 2 fully saturated rings. The number of hydrogen-bond acceptors (Lipinski definition) is 3. The van der Waals surface area contributed by atoms with Crippen LogP contribution < -0.4 is 5.32 Å². The van der Waals surface area contributed by atoms with E-state index in [1.807, 2.05) is 18.6 Å². The van der Waals surface area contributed by atoms with Crippen LogP contribution in [0.1, 0.15) is 42.0 Å². The standard InChI is InChI=1S/C25H28N4O/c30-24-12-7-13-25(27-24)18-28(17-23(25)21-10-5-2-6-11-21)16-22-14-26-19-29(22)15-20-8-3-1-4-9-20/h1-6,8-11,14,19,23H,7,12-13,15-18H2,(H,27,30)/t23-,25+/m0/s1. The van der Waals surface area contributed by atoms with Crippen LogP contribution in [0.3, 0.4) is 0 Å². The molecule has 0 aliphatic carbocycles. The molecule has 30 heavy (non-hydrogen) atoms. The summed E-state index contributed by atoms with van der Waals surface area (Å²) in [5.41, 5.74) is 3.64. The minimum atomic E-state index is -0.166. The largest absolute Gasteiger partial charge is 0.349 e. The fourth-order valence-corrected chi connectivity index (χ4v) is 5.22. The molecule has 5 heteroatoms. The van der Waals surface area contributed by atoms with E-state index in [4.69, 9.17) is 0 Å². The molecule has 2 aliphatic rings. The highest BCUT2D eigenvalue weighted by Crippen LogP contribution is 2.41. The van der Waals surface area contributed by atoms with E-state index in [0.717, 1.165) is 39.0 Å². The molecule has 2 aromatic carbocycles. The number of carbonyl (C=O) groups is 1. The Labute approximate surface area is 177 Å². The van der Waals surface area contributed by atoms with Crippen molar-refractivity contribution in [3.8, 4) is 0 Å². The van der Waals surface area contributed by atoms with Gasteiger partial charge in [0.15, 0.2) is 0 Å². The van der Waals surface area contributed by atoms with Crippen molar-refractivity contribution in [2.24, 2.45) is 0 Å². The first-order valence-electron chi connectivity index (χ1n) is 10.8. The van der Waals surface area contributed by atoms with Crippen LogP contribution in [0.15, 0.2) is 73.2 Å². The third kappa shape index (κ3) is 3.77. The fraction of sp³-hybridized carbons (Fsp3) is 0.360. The summed E-state index contributed by atoms with van der Waals surface area (Å²) in [4.78, 5) is 19.2. The second kappa shape index (κ2) is 8.07. The summed E-state index contributed by atoms with van der Waals surface area (Å²) < 4.78 is 2.23. The Morgan fingerprint density at radius 3 is 2.57 bits per heavy atom. The van der Waals surface area contributed by atoms with Crippen LogP contribution in [0.4, 0.5) is 0 Å². The quantitative estimate of drug-likeness (QED) is 0.712. The van der Waals surface area contributed by atoms with Gasteiger partial charge in [-0.1, -0.05) is 60.7 Å². The monoisotopic (exact) mass is 400 g/mol. The van der Waals surface area contributed by atoms with Gasteiger partial charge in [-0.3, -0.25) is 9.69 Å². The zero-order chi connectivity index (χ0) is 20.4. The summed E-state index contributed by atoms with van der Waals surface area (Å²) >= 11 is 0. The average molecular weight is 401 g/mol. The first-order valence-corrected chi connectivity index (χ1v) is 10.8. The van der Waals surface area contributed by atoms with E-state index in [1.165, 1.54) is 16.8 Å². The number of aromatic nitrogens is 2. The molecular weight excluding hydrogens is 372 g/mol. The Kier molecular flexibility index (Phi) is 5.13. The van der Waals surface area contributed by atoms with Crippen molar-refractivity contribution >= 4 is 5.91 Å². The van der Waals surface area contributed by atoms with Crippen molar-refractivity contribution in [2.45, 2.75) is 43.8 Å². The van der Waals surface area contributed by atoms with E-state index in [1.54, 1.807) is 0 Å². The minimum Gasteiger partial charge on any atom is -0.349 e. The van der Waals surface area contributed by atoms with Crippen LogP contribution in [0, 0.1) is 0 Å². The van der Waals surface area contributed by atoms with E-state index < -0.39 is 0 Å². The lowest BCUT2D eigenvalue weighted by Gasteiger charge is -2.39. The maximum atomic E-state index is 12.3. The second-order valence-corrected chi connectivity index (χ2v) is 8.69. The Balaban J connectivity index is 1.38. The van der Waals surface area contributed by atoms with Gasteiger partial charge in [-0.15, -0.1) is 0 Å². The third-order valence-electron chi connectivity index (χ3n) is 6.61. The van der Waals surface area contributed by atoms with Crippen LogP contribution in [0.25, 0.3) is 0 Å². The molecule has 1 spiro atoms. The number of likely N-dealkylation sites (tertiary alicyclic amines) is 1. The number of piperidine rings is 1. The predicted octanol–water partition coefficient (Wildman–Crippen LogP) is 3.57. The first kappa shape index (κ1) is 19.1. The van der Waals surface area contributed by atoms with Gasteiger partial charge in [0.05, 0.1) is 17.6 Å². The lowest BCUT2D eigenvalue weighted by Crippen LogP contribution is -2.56. The molecule has 154 valence electrons. The molecule has 1 aromatic heterocycles. The molecule has 5 nitrogen and oxygen atoms in total. The second-order valence-electron chi connectivity index (χ2n) is 8.69. The number of hydrogen-bond donors (Lipinski definition) is 1. The highest BCUT2D eigenvalue weighted by atomic mass is 16.1. The van der Waals surface area contributed by atoms with Gasteiger partial charge in [0.2, 0.25) is 5.91 Å². The number of benzene rings is 2. The van der Waals surface area contributed by atoms with Crippen molar-refractivity contribution in [1.82, 2.24) is 19.8 Å². The fourth-order valence-electron chi connectivity index (χ4n) is 5.22. The summed E-state index contributed by atoms with van der Waals surface area (Å²) in [6, 6.07) is 21.2. The normalized spacial score (nSPS) is 24.3. The van der Waals surface area contributed by atoms with E-state index in [9.17, 15) is 4.79 Å². The van der Waals surface area contributed by atoms with E-state index in [0.29, 0.717) is 12.3 Å². The number of nitrogens with one attached hydrogen (secondary N) is 1. The van der Waals surface area contributed by atoms with Gasteiger partial charge in [0.1, 0.15) is 0 Å². The molecular formula is C25H28N4O. The number of rotatable bonds is 5. The maximum absolute atomic E-state index is 12.3. The predicted molar refractivity (Wildman–Crippen MR) is 117 cm³/mol. The van der Waals surface area contributed by atoms with E-state index >= 15 is 0 Å². The van der Waals surface area contributed by atoms with Crippen LogP contribution in [-0.4, -0.2) is 39.0 Å². The van der Waals surface area contributed by atoms with E-state index in [2.05, 4.69) is 74.4 Å². The summed E-state index contributed by atoms with van der Waals surface area (Å²) in [5, 5.41) is 3.40. The molecule has 5 rings (SSSR count). The highest BCUT2D eigenvalue weighted by Gasteiger charge is 2.49. The Morgan fingerprint density at radius 2 is 1.80 bits per heavy atom. The van der Waals surface area contributed by atoms with E-state index in [-0.39, 0.29) is 11.4 Å². The van der Waals surface area contributed by atoms with Gasteiger partial charge < -0.3 is 9.88 Å². The Hall–Kier alpha value is -2.92. The smallest absolute Gasteiger partial charge is 0.220 e. The van der Waals surface area contributed by atoms with Crippen LogP contribution in [-0.2, 0) is 17.9 Å². The number of carbonyl (C=O) groups excluding carboxylic acids is 1. The highest BCUT2D eigenvalue weighted by molar-refractivity contribution is 5.78. The number of nitrogens with zero attached hydrogens (tertiary/aromatic N) is 3. The molecule has 2 atom stereocenters.